The first-order valence-electron chi connectivity index (χ1n) is 9.03. The molecule has 2 aliphatic heterocycles. The van der Waals surface area contributed by atoms with E-state index in [9.17, 15) is 9.59 Å². The summed E-state index contributed by atoms with van der Waals surface area (Å²) >= 11 is 0. The van der Waals surface area contributed by atoms with E-state index in [0.717, 1.165) is 36.9 Å². The van der Waals surface area contributed by atoms with Crippen LogP contribution < -0.4 is 10.5 Å². The van der Waals surface area contributed by atoms with E-state index in [2.05, 4.69) is 38.7 Å². The highest BCUT2D eigenvalue weighted by molar-refractivity contribution is 5.98. The van der Waals surface area contributed by atoms with Crippen molar-refractivity contribution >= 4 is 22.4 Å². The minimum Gasteiger partial charge on any atom is -0.422 e. The molecule has 0 spiro atoms. The topological polar surface area (TPSA) is 50.5 Å². The Bertz CT molecular complexity index is 963. The Balaban J connectivity index is 0.00000196. The van der Waals surface area contributed by atoms with Crippen LogP contribution in [0.1, 0.15) is 76.4 Å². The monoisotopic (exact) mass is 355 g/mol. The van der Waals surface area contributed by atoms with Gasteiger partial charge >= 0.3 is 5.63 Å². The van der Waals surface area contributed by atoms with Gasteiger partial charge < -0.3 is 9.32 Å². The number of nitrogens with zero attached hydrogens (tertiary/aromatic N) is 1. The summed E-state index contributed by atoms with van der Waals surface area (Å²) in [4.78, 5) is 26.6. The molecule has 2 aliphatic rings. The number of hydrogen-bond acceptors (Lipinski definition) is 4. The van der Waals surface area contributed by atoms with Gasteiger partial charge in [0, 0.05) is 29.7 Å². The lowest BCUT2D eigenvalue weighted by atomic mass is 9.69. The van der Waals surface area contributed by atoms with Crippen LogP contribution in [0.2, 0.25) is 0 Å². The maximum atomic E-state index is 12.3. The van der Waals surface area contributed by atoms with Gasteiger partial charge in [-0.25, -0.2) is 4.79 Å². The fraction of sp³-hybridized carbons (Fsp3) is 0.545. The van der Waals surface area contributed by atoms with E-state index < -0.39 is 5.63 Å². The second kappa shape index (κ2) is 5.70. The summed E-state index contributed by atoms with van der Waals surface area (Å²) in [5, 5.41) is 0.864. The third-order valence-electron chi connectivity index (χ3n) is 6.11. The van der Waals surface area contributed by atoms with Crippen LogP contribution in [0.15, 0.2) is 21.3 Å². The average Bonchev–Trinajstić information content (AvgIpc) is 2.51. The van der Waals surface area contributed by atoms with Crippen molar-refractivity contribution < 1.29 is 9.21 Å². The predicted molar refractivity (Wildman–Crippen MR) is 107 cm³/mol. The number of anilines is 1. The van der Waals surface area contributed by atoms with Crippen molar-refractivity contribution in [3.8, 4) is 0 Å². The fourth-order valence-corrected chi connectivity index (χ4v) is 4.40. The summed E-state index contributed by atoms with van der Waals surface area (Å²) in [6.07, 6.45) is 2.12. The highest BCUT2D eigenvalue weighted by atomic mass is 16.4. The summed E-state index contributed by atoms with van der Waals surface area (Å²) in [5.74, 6) is -0.248. The van der Waals surface area contributed by atoms with E-state index in [1.807, 2.05) is 0 Å². The van der Waals surface area contributed by atoms with Gasteiger partial charge in [-0.3, -0.25) is 4.79 Å². The van der Waals surface area contributed by atoms with Crippen molar-refractivity contribution in [1.29, 1.82) is 0 Å². The number of carbonyl (C=O) groups excluding carboxylic acids is 1. The van der Waals surface area contributed by atoms with Crippen LogP contribution >= 0.6 is 0 Å². The van der Waals surface area contributed by atoms with E-state index >= 15 is 0 Å². The van der Waals surface area contributed by atoms with Crippen LogP contribution in [0.4, 0.5) is 5.69 Å². The van der Waals surface area contributed by atoms with Gasteiger partial charge in [-0.05, 0) is 48.3 Å². The Morgan fingerprint density at radius 2 is 1.69 bits per heavy atom. The molecule has 0 unspecified atom stereocenters. The molecule has 140 valence electrons. The van der Waals surface area contributed by atoms with E-state index in [0.29, 0.717) is 5.58 Å². The SMILES string of the molecule is C.CC(=O)c1cc2cc3c4c(c2oc1=O)C(C)(C)CCN4CCC3(C)C. The maximum Gasteiger partial charge on any atom is 0.347 e. The zero-order chi connectivity index (χ0) is 18.1. The quantitative estimate of drug-likeness (QED) is 0.544. The molecule has 4 rings (SSSR count). The number of hydrogen-bond donors (Lipinski definition) is 0. The Morgan fingerprint density at radius 3 is 2.31 bits per heavy atom. The zero-order valence-electron chi connectivity index (χ0n) is 15.7. The Labute approximate surface area is 155 Å². The van der Waals surface area contributed by atoms with Gasteiger partial charge in [0.1, 0.15) is 11.1 Å². The number of rotatable bonds is 1. The van der Waals surface area contributed by atoms with Gasteiger partial charge in [0.25, 0.3) is 0 Å². The largest absolute Gasteiger partial charge is 0.422 e. The molecule has 0 saturated carbocycles. The molecule has 0 bridgehead atoms. The Morgan fingerprint density at radius 1 is 1.08 bits per heavy atom. The van der Waals surface area contributed by atoms with Crippen LogP contribution in [0.25, 0.3) is 11.0 Å². The molecule has 2 aromatic rings. The highest BCUT2D eigenvalue weighted by Gasteiger charge is 2.41. The molecule has 4 heteroatoms. The molecule has 0 amide bonds. The van der Waals surface area contributed by atoms with E-state index in [4.69, 9.17) is 4.42 Å². The van der Waals surface area contributed by atoms with Crippen molar-refractivity contribution in [1.82, 2.24) is 0 Å². The molecule has 0 saturated heterocycles. The summed E-state index contributed by atoms with van der Waals surface area (Å²) < 4.78 is 5.73. The van der Waals surface area contributed by atoms with Gasteiger partial charge in [0.05, 0.1) is 0 Å². The normalized spacial score (nSPS) is 19.7. The second-order valence-electron chi connectivity index (χ2n) is 8.82. The maximum absolute atomic E-state index is 12.3. The van der Waals surface area contributed by atoms with Gasteiger partial charge in [0.15, 0.2) is 5.78 Å². The molecule has 0 N–H and O–H groups in total. The molecule has 0 aliphatic carbocycles. The van der Waals surface area contributed by atoms with Crippen molar-refractivity contribution in [2.75, 3.05) is 18.0 Å². The molecule has 1 aromatic heterocycles. The average molecular weight is 355 g/mol. The van der Waals surface area contributed by atoms with Crippen molar-refractivity contribution in [2.45, 2.75) is 65.7 Å². The lowest BCUT2D eigenvalue weighted by molar-refractivity contribution is 0.101. The van der Waals surface area contributed by atoms with Crippen LogP contribution in [0, 0.1) is 0 Å². The minimum absolute atomic E-state index is 0. The minimum atomic E-state index is -0.529. The molecule has 0 atom stereocenters. The van der Waals surface area contributed by atoms with Crippen LogP contribution in [0.5, 0.6) is 0 Å². The molecule has 0 radical (unpaired) electrons. The van der Waals surface area contributed by atoms with Gasteiger partial charge in [-0.1, -0.05) is 35.1 Å². The summed E-state index contributed by atoms with van der Waals surface area (Å²) in [6, 6.07) is 3.86. The highest BCUT2D eigenvalue weighted by Crippen LogP contribution is 2.51. The molecular weight excluding hydrogens is 326 g/mol. The van der Waals surface area contributed by atoms with E-state index in [1.165, 1.54) is 18.2 Å². The number of benzene rings is 1. The smallest absolute Gasteiger partial charge is 0.347 e. The third-order valence-corrected chi connectivity index (χ3v) is 6.11. The van der Waals surface area contributed by atoms with Crippen molar-refractivity contribution in [2.24, 2.45) is 0 Å². The fourth-order valence-electron chi connectivity index (χ4n) is 4.40. The summed E-state index contributed by atoms with van der Waals surface area (Å²) in [5.41, 5.74) is 3.94. The van der Waals surface area contributed by atoms with Crippen molar-refractivity contribution in [3.05, 3.63) is 39.2 Å². The lowest BCUT2D eigenvalue weighted by Gasteiger charge is -2.48. The Hall–Kier alpha value is -2.10. The predicted octanol–water partition coefficient (Wildman–Crippen LogP) is 4.80. The number of carbonyl (C=O) groups is 1. The summed E-state index contributed by atoms with van der Waals surface area (Å²) in [6.45, 7) is 12.5. The third kappa shape index (κ3) is 2.50. The van der Waals surface area contributed by atoms with Gasteiger partial charge in [-0.2, -0.15) is 0 Å². The van der Waals surface area contributed by atoms with E-state index in [-0.39, 0.29) is 29.6 Å². The van der Waals surface area contributed by atoms with Crippen LogP contribution in [-0.2, 0) is 10.8 Å². The molecular formula is C22H29NO3. The van der Waals surface area contributed by atoms with Crippen molar-refractivity contribution in [3.63, 3.8) is 0 Å². The van der Waals surface area contributed by atoms with Gasteiger partial charge in [0.2, 0.25) is 0 Å². The lowest BCUT2D eigenvalue weighted by Crippen LogP contribution is -2.44. The number of ketones is 1. The first kappa shape index (κ1) is 18.7. The Kier molecular flexibility index (Phi) is 4.10. The molecule has 1 aromatic carbocycles. The van der Waals surface area contributed by atoms with E-state index in [1.54, 1.807) is 6.07 Å². The molecule has 0 fully saturated rings. The van der Waals surface area contributed by atoms with Crippen LogP contribution in [0.3, 0.4) is 0 Å². The first-order chi connectivity index (χ1) is 11.6. The number of fused-ring (bicyclic) bond motifs is 2. The summed E-state index contributed by atoms with van der Waals surface area (Å²) in [7, 11) is 0. The number of Topliss-reactive ketones (excluding diaryl/α,β-unsaturated/α-hetero) is 1. The molecule has 4 nitrogen and oxygen atoms in total. The van der Waals surface area contributed by atoms with Crippen LogP contribution in [-0.4, -0.2) is 18.9 Å². The first-order valence-corrected chi connectivity index (χ1v) is 9.03. The zero-order valence-corrected chi connectivity index (χ0v) is 15.7. The molecule has 3 heterocycles. The van der Waals surface area contributed by atoms with Gasteiger partial charge in [-0.15, -0.1) is 0 Å². The standard InChI is InChI=1S/C21H25NO3.CH4/c1-12(23)14-10-13-11-15-17-16(18(13)25-19(14)24)21(4,5)7-9-22(17)8-6-20(15,2)3;/h10-11H,6-9H2,1-5H3;1H4. The second-order valence-corrected chi connectivity index (χ2v) is 8.82. The molecule has 26 heavy (non-hydrogen) atoms.